The van der Waals surface area contributed by atoms with Crippen molar-refractivity contribution in [3.63, 3.8) is 0 Å². The molecule has 2 unspecified atom stereocenters. The summed E-state index contributed by atoms with van der Waals surface area (Å²) in [5, 5.41) is 0. The summed E-state index contributed by atoms with van der Waals surface area (Å²) in [5.74, 6) is 0.142. The van der Waals surface area contributed by atoms with E-state index in [9.17, 15) is 4.79 Å². The van der Waals surface area contributed by atoms with Crippen molar-refractivity contribution in [3.8, 4) is 0 Å². The zero-order chi connectivity index (χ0) is 13.7. The van der Waals surface area contributed by atoms with E-state index < -0.39 is 0 Å². The molecule has 2 N–H and O–H groups in total. The number of nitrogens with two attached hydrogens (primary N) is 1. The van der Waals surface area contributed by atoms with E-state index in [0.717, 1.165) is 19.4 Å². The minimum absolute atomic E-state index is 0. The van der Waals surface area contributed by atoms with E-state index in [4.69, 9.17) is 10.5 Å². The zero-order valence-corrected chi connectivity index (χ0v) is 12.6. The van der Waals surface area contributed by atoms with E-state index in [1.54, 1.807) is 7.11 Å². The fourth-order valence-electron chi connectivity index (χ4n) is 2.66. The quantitative estimate of drug-likeness (QED) is 0.906. The molecule has 0 radical (unpaired) electrons. The number of ether oxygens (including phenoxy) is 1. The second-order valence-electron chi connectivity index (χ2n) is 4.95. The van der Waals surface area contributed by atoms with Crippen molar-refractivity contribution in [2.75, 3.05) is 20.2 Å². The highest BCUT2D eigenvalue weighted by atomic mass is 35.5. The molecule has 0 saturated carbocycles. The lowest BCUT2D eigenvalue weighted by atomic mass is 10.0. The summed E-state index contributed by atoms with van der Waals surface area (Å²) >= 11 is 0. The fraction of sp³-hybridized carbons (Fsp3) is 0.533. The molecule has 1 aromatic carbocycles. The molecule has 1 aliphatic heterocycles. The summed E-state index contributed by atoms with van der Waals surface area (Å²) < 4.78 is 5.20. The molecule has 0 spiro atoms. The molecule has 0 aromatic heterocycles. The van der Waals surface area contributed by atoms with Gasteiger partial charge < -0.3 is 15.4 Å². The first-order valence-electron chi connectivity index (χ1n) is 6.83. The Labute approximate surface area is 126 Å². The summed E-state index contributed by atoms with van der Waals surface area (Å²) in [6.45, 7) is 1.21. The van der Waals surface area contributed by atoms with Gasteiger partial charge in [-0.1, -0.05) is 30.3 Å². The molecule has 1 fully saturated rings. The molecule has 1 saturated heterocycles. The number of likely N-dealkylation sites (tertiary alicyclic amines) is 1. The van der Waals surface area contributed by atoms with Crippen LogP contribution in [0.4, 0.5) is 0 Å². The summed E-state index contributed by atoms with van der Waals surface area (Å²) in [7, 11) is 1.60. The first-order valence-corrected chi connectivity index (χ1v) is 6.83. The van der Waals surface area contributed by atoms with Gasteiger partial charge in [-0.2, -0.15) is 0 Å². The van der Waals surface area contributed by atoms with Gasteiger partial charge in [-0.3, -0.25) is 4.79 Å². The van der Waals surface area contributed by atoms with Gasteiger partial charge in [-0.15, -0.1) is 12.4 Å². The van der Waals surface area contributed by atoms with Crippen molar-refractivity contribution in [1.29, 1.82) is 0 Å². The Morgan fingerprint density at radius 2 is 2.15 bits per heavy atom. The van der Waals surface area contributed by atoms with E-state index in [1.807, 2.05) is 23.1 Å². The van der Waals surface area contributed by atoms with Gasteiger partial charge >= 0.3 is 0 Å². The molecule has 4 nitrogen and oxygen atoms in total. The largest absolute Gasteiger partial charge is 0.380 e. The molecule has 2 atom stereocenters. The van der Waals surface area contributed by atoms with Gasteiger partial charge in [-0.05, 0) is 18.4 Å². The second kappa shape index (κ2) is 8.25. The standard InChI is InChI=1S/C15H22N2O2.ClH/c1-19-13(11-16)10-15(18)17-9-5-8-14(17)12-6-3-2-4-7-12;/h2-4,6-7,13-14H,5,8-11,16H2,1H3;1H. The molecule has 1 heterocycles. The number of amides is 1. The monoisotopic (exact) mass is 298 g/mol. The number of carbonyl (C=O) groups excluding carboxylic acids is 1. The minimum Gasteiger partial charge on any atom is -0.380 e. The van der Waals surface area contributed by atoms with Crippen LogP contribution >= 0.6 is 12.4 Å². The lowest BCUT2D eigenvalue weighted by Crippen LogP contribution is -2.35. The molecular weight excluding hydrogens is 276 g/mol. The molecule has 0 aliphatic carbocycles. The van der Waals surface area contributed by atoms with E-state index >= 15 is 0 Å². The topological polar surface area (TPSA) is 55.6 Å². The van der Waals surface area contributed by atoms with Crippen molar-refractivity contribution < 1.29 is 9.53 Å². The van der Waals surface area contributed by atoms with Crippen molar-refractivity contribution in [2.45, 2.75) is 31.4 Å². The molecule has 1 aliphatic rings. The number of halogens is 1. The van der Waals surface area contributed by atoms with Gasteiger partial charge in [0.25, 0.3) is 0 Å². The Hall–Kier alpha value is -1.10. The minimum atomic E-state index is -0.176. The predicted octanol–water partition coefficient (Wildman–Crippen LogP) is 2.14. The number of benzene rings is 1. The Morgan fingerprint density at radius 3 is 2.75 bits per heavy atom. The van der Waals surface area contributed by atoms with Crippen LogP contribution in [0.2, 0.25) is 0 Å². The third-order valence-electron chi connectivity index (χ3n) is 3.76. The van der Waals surface area contributed by atoms with Crippen LogP contribution in [0.5, 0.6) is 0 Å². The predicted molar refractivity (Wildman–Crippen MR) is 81.8 cm³/mol. The molecule has 2 rings (SSSR count). The van der Waals surface area contributed by atoms with Crippen LogP contribution in [0.3, 0.4) is 0 Å². The normalized spacial score (nSPS) is 19.5. The lowest BCUT2D eigenvalue weighted by Gasteiger charge is -2.26. The summed E-state index contributed by atoms with van der Waals surface area (Å²) in [6.07, 6.45) is 2.29. The van der Waals surface area contributed by atoms with Gasteiger partial charge in [0.15, 0.2) is 0 Å². The fourth-order valence-corrected chi connectivity index (χ4v) is 2.66. The van der Waals surface area contributed by atoms with Crippen molar-refractivity contribution in [2.24, 2.45) is 5.73 Å². The summed E-state index contributed by atoms with van der Waals surface area (Å²) in [6, 6.07) is 10.4. The molecule has 112 valence electrons. The average molecular weight is 299 g/mol. The Balaban J connectivity index is 0.00000200. The van der Waals surface area contributed by atoms with Gasteiger partial charge in [0.1, 0.15) is 0 Å². The first-order chi connectivity index (χ1) is 9.26. The SMILES string of the molecule is COC(CN)CC(=O)N1CCCC1c1ccccc1.Cl. The van der Waals surface area contributed by atoms with E-state index in [1.165, 1.54) is 5.56 Å². The van der Waals surface area contributed by atoms with Crippen LogP contribution in [-0.4, -0.2) is 37.1 Å². The Bertz CT molecular complexity index is 410. The van der Waals surface area contributed by atoms with Crippen LogP contribution in [-0.2, 0) is 9.53 Å². The third-order valence-corrected chi connectivity index (χ3v) is 3.76. The number of hydrogen-bond acceptors (Lipinski definition) is 3. The molecule has 1 amide bonds. The van der Waals surface area contributed by atoms with Crippen molar-refractivity contribution in [3.05, 3.63) is 35.9 Å². The first kappa shape index (κ1) is 17.0. The van der Waals surface area contributed by atoms with Crippen LogP contribution < -0.4 is 5.73 Å². The third kappa shape index (κ3) is 3.95. The second-order valence-corrected chi connectivity index (χ2v) is 4.95. The highest BCUT2D eigenvalue weighted by Gasteiger charge is 2.30. The molecule has 0 bridgehead atoms. The zero-order valence-electron chi connectivity index (χ0n) is 11.8. The van der Waals surface area contributed by atoms with Gasteiger partial charge in [0.2, 0.25) is 5.91 Å². The van der Waals surface area contributed by atoms with Crippen LogP contribution in [0, 0.1) is 0 Å². The summed E-state index contributed by atoms with van der Waals surface area (Å²) in [4.78, 5) is 14.3. The molecule has 1 aromatic rings. The van der Waals surface area contributed by atoms with Gasteiger partial charge in [0.05, 0.1) is 18.6 Å². The van der Waals surface area contributed by atoms with Gasteiger partial charge in [-0.25, -0.2) is 0 Å². The van der Waals surface area contributed by atoms with Crippen LogP contribution in [0.1, 0.15) is 30.9 Å². The molecule has 20 heavy (non-hydrogen) atoms. The maximum atomic E-state index is 12.3. The lowest BCUT2D eigenvalue weighted by molar-refractivity contribution is -0.134. The maximum absolute atomic E-state index is 12.3. The number of rotatable bonds is 5. The Kier molecular flexibility index (Phi) is 6.99. The average Bonchev–Trinajstić information content (AvgIpc) is 2.95. The maximum Gasteiger partial charge on any atom is 0.225 e. The van der Waals surface area contributed by atoms with Gasteiger partial charge in [0, 0.05) is 20.2 Å². The number of hydrogen-bond donors (Lipinski definition) is 1. The van der Waals surface area contributed by atoms with E-state index in [2.05, 4.69) is 12.1 Å². The van der Waals surface area contributed by atoms with Crippen molar-refractivity contribution >= 4 is 18.3 Å². The highest BCUT2D eigenvalue weighted by Crippen LogP contribution is 2.32. The highest BCUT2D eigenvalue weighted by molar-refractivity contribution is 5.85. The van der Waals surface area contributed by atoms with E-state index in [0.29, 0.717) is 13.0 Å². The number of nitrogens with zero attached hydrogens (tertiary/aromatic N) is 1. The Morgan fingerprint density at radius 1 is 1.45 bits per heavy atom. The van der Waals surface area contributed by atoms with E-state index in [-0.39, 0.29) is 30.5 Å². The number of methoxy groups -OCH3 is 1. The molecule has 5 heteroatoms. The number of carbonyl (C=O) groups is 1. The molecular formula is C15H23ClN2O2. The van der Waals surface area contributed by atoms with Crippen LogP contribution in [0.25, 0.3) is 0 Å². The smallest absolute Gasteiger partial charge is 0.225 e. The van der Waals surface area contributed by atoms with Crippen molar-refractivity contribution in [1.82, 2.24) is 4.90 Å². The van der Waals surface area contributed by atoms with Crippen LogP contribution in [0.15, 0.2) is 30.3 Å². The summed E-state index contributed by atoms with van der Waals surface area (Å²) in [5.41, 5.74) is 6.80.